The highest BCUT2D eigenvalue weighted by molar-refractivity contribution is 9.09. The SMILES string of the molecule is CC(=O)NC1CCN(CCC(C)CCBr)C1. The van der Waals surface area contributed by atoms with Gasteiger partial charge in [0.25, 0.3) is 0 Å². The molecule has 0 aliphatic carbocycles. The van der Waals surface area contributed by atoms with Gasteiger partial charge in [-0.25, -0.2) is 0 Å². The maximum atomic E-state index is 10.9. The molecule has 0 aromatic carbocycles. The lowest BCUT2D eigenvalue weighted by Crippen LogP contribution is -2.35. The van der Waals surface area contributed by atoms with E-state index in [4.69, 9.17) is 0 Å². The number of rotatable bonds is 6. The van der Waals surface area contributed by atoms with Crippen LogP contribution >= 0.6 is 15.9 Å². The Bertz CT molecular complexity index is 223. The number of alkyl halides is 1. The molecule has 4 heteroatoms. The molecular weight excluding hydrogens is 268 g/mol. The Morgan fingerprint density at radius 3 is 2.94 bits per heavy atom. The van der Waals surface area contributed by atoms with E-state index < -0.39 is 0 Å². The zero-order valence-corrected chi connectivity index (χ0v) is 11.9. The molecule has 1 fully saturated rings. The lowest BCUT2D eigenvalue weighted by molar-refractivity contribution is -0.119. The number of nitrogens with one attached hydrogen (secondary N) is 1. The van der Waals surface area contributed by atoms with Gasteiger partial charge in [-0.2, -0.15) is 0 Å². The van der Waals surface area contributed by atoms with Crippen LogP contribution < -0.4 is 5.32 Å². The zero-order chi connectivity index (χ0) is 12.0. The van der Waals surface area contributed by atoms with E-state index in [9.17, 15) is 4.79 Å². The molecule has 0 bridgehead atoms. The summed E-state index contributed by atoms with van der Waals surface area (Å²) in [6.45, 7) is 7.24. The largest absolute Gasteiger partial charge is 0.352 e. The average molecular weight is 291 g/mol. The summed E-state index contributed by atoms with van der Waals surface area (Å²) in [5, 5.41) is 4.10. The number of halogens is 1. The number of carbonyl (C=O) groups excluding carboxylic acids is 1. The minimum absolute atomic E-state index is 0.0968. The van der Waals surface area contributed by atoms with E-state index in [0.717, 1.165) is 30.8 Å². The van der Waals surface area contributed by atoms with Crippen LogP contribution in [0.25, 0.3) is 0 Å². The Balaban J connectivity index is 2.14. The van der Waals surface area contributed by atoms with Gasteiger partial charge in [0, 0.05) is 31.4 Å². The summed E-state index contributed by atoms with van der Waals surface area (Å²) in [6.07, 6.45) is 3.62. The normalized spacial score (nSPS) is 23.3. The summed E-state index contributed by atoms with van der Waals surface area (Å²) >= 11 is 3.48. The molecule has 1 rings (SSSR count). The quantitative estimate of drug-likeness (QED) is 0.759. The smallest absolute Gasteiger partial charge is 0.217 e. The molecule has 0 aromatic rings. The van der Waals surface area contributed by atoms with E-state index in [2.05, 4.69) is 33.1 Å². The van der Waals surface area contributed by atoms with Gasteiger partial charge in [0.05, 0.1) is 0 Å². The van der Waals surface area contributed by atoms with Crippen molar-refractivity contribution in [1.82, 2.24) is 10.2 Å². The van der Waals surface area contributed by atoms with Crippen LogP contribution in [0, 0.1) is 5.92 Å². The van der Waals surface area contributed by atoms with Crippen LogP contribution in [0.15, 0.2) is 0 Å². The third-order valence-corrected chi connectivity index (χ3v) is 3.68. The molecule has 0 saturated carbocycles. The molecule has 1 saturated heterocycles. The van der Waals surface area contributed by atoms with E-state index in [1.54, 1.807) is 6.92 Å². The van der Waals surface area contributed by atoms with Crippen LogP contribution in [0.2, 0.25) is 0 Å². The Hall–Kier alpha value is -0.0900. The minimum atomic E-state index is 0.0968. The van der Waals surface area contributed by atoms with Crippen LogP contribution in [0.1, 0.15) is 33.1 Å². The molecule has 1 aliphatic heterocycles. The predicted octanol–water partition coefficient (Wildman–Crippen LogP) is 2.01. The summed E-state index contributed by atoms with van der Waals surface area (Å²) in [6, 6.07) is 0.379. The number of hydrogen-bond acceptors (Lipinski definition) is 2. The Morgan fingerprint density at radius 2 is 2.31 bits per heavy atom. The topological polar surface area (TPSA) is 32.3 Å². The second-order valence-corrected chi connectivity index (χ2v) is 5.65. The predicted molar refractivity (Wildman–Crippen MR) is 70.9 cm³/mol. The van der Waals surface area contributed by atoms with Crippen molar-refractivity contribution in [3.63, 3.8) is 0 Å². The molecule has 94 valence electrons. The highest BCUT2D eigenvalue weighted by Crippen LogP contribution is 2.14. The van der Waals surface area contributed by atoms with Crippen molar-refractivity contribution in [3.8, 4) is 0 Å². The first-order chi connectivity index (χ1) is 7.61. The van der Waals surface area contributed by atoms with Gasteiger partial charge in [-0.15, -0.1) is 0 Å². The fraction of sp³-hybridized carbons (Fsp3) is 0.917. The summed E-state index contributed by atoms with van der Waals surface area (Å²) < 4.78 is 0. The fourth-order valence-corrected chi connectivity index (χ4v) is 2.96. The van der Waals surface area contributed by atoms with Gasteiger partial charge >= 0.3 is 0 Å². The van der Waals surface area contributed by atoms with Gasteiger partial charge in [0.15, 0.2) is 0 Å². The van der Waals surface area contributed by atoms with Crippen molar-refractivity contribution in [2.24, 2.45) is 5.92 Å². The summed E-state index contributed by atoms with van der Waals surface area (Å²) in [4.78, 5) is 13.4. The summed E-state index contributed by atoms with van der Waals surface area (Å²) in [5.41, 5.74) is 0. The first kappa shape index (κ1) is 14.0. The second-order valence-electron chi connectivity index (χ2n) is 4.86. The van der Waals surface area contributed by atoms with Crippen LogP contribution in [0.5, 0.6) is 0 Å². The molecule has 1 heterocycles. The maximum absolute atomic E-state index is 10.9. The first-order valence-electron chi connectivity index (χ1n) is 6.17. The van der Waals surface area contributed by atoms with Crippen molar-refractivity contribution in [2.75, 3.05) is 25.0 Å². The number of likely N-dealkylation sites (tertiary alicyclic amines) is 1. The highest BCUT2D eigenvalue weighted by atomic mass is 79.9. The molecule has 1 N–H and O–H groups in total. The van der Waals surface area contributed by atoms with E-state index in [1.807, 2.05) is 0 Å². The van der Waals surface area contributed by atoms with Crippen molar-refractivity contribution in [1.29, 1.82) is 0 Å². The van der Waals surface area contributed by atoms with Crippen LogP contribution in [0.4, 0.5) is 0 Å². The molecule has 2 atom stereocenters. The number of hydrogen-bond donors (Lipinski definition) is 1. The number of nitrogens with zero attached hydrogens (tertiary/aromatic N) is 1. The van der Waals surface area contributed by atoms with Crippen LogP contribution in [-0.2, 0) is 4.79 Å². The summed E-state index contributed by atoms with van der Waals surface area (Å²) in [7, 11) is 0. The lowest BCUT2D eigenvalue weighted by atomic mass is 10.1. The maximum Gasteiger partial charge on any atom is 0.217 e. The molecular formula is C12H23BrN2O. The Kier molecular flexibility index (Phi) is 6.36. The van der Waals surface area contributed by atoms with E-state index >= 15 is 0 Å². The molecule has 2 unspecified atom stereocenters. The number of carbonyl (C=O) groups is 1. The van der Waals surface area contributed by atoms with Gasteiger partial charge in [-0.1, -0.05) is 22.9 Å². The molecule has 1 aliphatic rings. The molecule has 3 nitrogen and oxygen atoms in total. The van der Waals surface area contributed by atoms with Crippen molar-refractivity contribution in [3.05, 3.63) is 0 Å². The summed E-state index contributed by atoms with van der Waals surface area (Å²) in [5.74, 6) is 0.888. The van der Waals surface area contributed by atoms with E-state index in [1.165, 1.54) is 19.4 Å². The van der Waals surface area contributed by atoms with Crippen molar-refractivity contribution < 1.29 is 4.79 Å². The molecule has 16 heavy (non-hydrogen) atoms. The van der Waals surface area contributed by atoms with Gasteiger partial charge in [0.2, 0.25) is 5.91 Å². The average Bonchev–Trinajstić information content (AvgIpc) is 2.62. The van der Waals surface area contributed by atoms with Gasteiger partial charge in [-0.05, 0) is 31.7 Å². The van der Waals surface area contributed by atoms with Crippen molar-refractivity contribution >= 4 is 21.8 Å². The van der Waals surface area contributed by atoms with Gasteiger partial charge in [0.1, 0.15) is 0 Å². The van der Waals surface area contributed by atoms with E-state index in [0.29, 0.717) is 6.04 Å². The molecule has 0 aromatic heterocycles. The first-order valence-corrected chi connectivity index (χ1v) is 7.29. The zero-order valence-electron chi connectivity index (χ0n) is 10.3. The van der Waals surface area contributed by atoms with Crippen LogP contribution in [-0.4, -0.2) is 41.8 Å². The number of amides is 1. The monoisotopic (exact) mass is 290 g/mol. The van der Waals surface area contributed by atoms with Gasteiger partial charge < -0.3 is 10.2 Å². The second kappa shape index (κ2) is 7.28. The minimum Gasteiger partial charge on any atom is -0.352 e. The van der Waals surface area contributed by atoms with Crippen LogP contribution in [0.3, 0.4) is 0 Å². The molecule has 0 radical (unpaired) electrons. The molecule has 1 amide bonds. The standard InChI is InChI=1S/C12H23BrN2O/c1-10(3-6-13)4-7-15-8-5-12(9-15)14-11(2)16/h10,12H,3-9H2,1-2H3,(H,14,16). The highest BCUT2D eigenvalue weighted by Gasteiger charge is 2.22. The lowest BCUT2D eigenvalue weighted by Gasteiger charge is -2.18. The fourth-order valence-electron chi connectivity index (χ4n) is 2.17. The third kappa shape index (κ3) is 5.30. The third-order valence-electron chi connectivity index (χ3n) is 3.22. The Labute approximate surface area is 107 Å². The van der Waals surface area contributed by atoms with Crippen molar-refractivity contribution in [2.45, 2.75) is 39.2 Å². The molecule has 0 spiro atoms. The van der Waals surface area contributed by atoms with Gasteiger partial charge in [-0.3, -0.25) is 4.79 Å². The van der Waals surface area contributed by atoms with E-state index in [-0.39, 0.29) is 5.91 Å². The Morgan fingerprint density at radius 1 is 1.56 bits per heavy atom.